The van der Waals surface area contributed by atoms with Crippen LogP contribution in [0.15, 0.2) is 53.4 Å². The summed E-state index contributed by atoms with van der Waals surface area (Å²) in [4.78, 5) is 26.1. The number of ether oxygens (including phenoxy) is 1. The number of benzene rings is 2. The first-order valence-corrected chi connectivity index (χ1v) is 9.55. The molecule has 1 atom stereocenters. The SMILES string of the molecule is CCC(C)Oc1ccc(/C=C2\SC(=O)N(Cc3ccccc3F)C2=O)cc1. The van der Waals surface area contributed by atoms with Gasteiger partial charge in [-0.3, -0.25) is 14.5 Å². The second-order valence-corrected chi connectivity index (χ2v) is 7.26. The quantitative estimate of drug-likeness (QED) is 0.638. The Hall–Kier alpha value is -2.60. The van der Waals surface area contributed by atoms with E-state index in [0.717, 1.165) is 34.4 Å². The predicted molar refractivity (Wildman–Crippen MR) is 105 cm³/mol. The molecule has 1 fully saturated rings. The Kier molecular flexibility index (Phi) is 5.96. The molecule has 0 aliphatic carbocycles. The fourth-order valence-corrected chi connectivity index (χ4v) is 3.38. The first kappa shape index (κ1) is 19.2. The van der Waals surface area contributed by atoms with Gasteiger partial charge in [-0.2, -0.15) is 0 Å². The summed E-state index contributed by atoms with van der Waals surface area (Å²) >= 11 is 0.865. The maximum Gasteiger partial charge on any atom is 0.293 e. The molecule has 3 rings (SSSR count). The van der Waals surface area contributed by atoms with E-state index in [-0.39, 0.29) is 12.6 Å². The second kappa shape index (κ2) is 8.39. The number of thioether (sulfide) groups is 1. The van der Waals surface area contributed by atoms with Crippen LogP contribution in [0.4, 0.5) is 9.18 Å². The van der Waals surface area contributed by atoms with Crippen LogP contribution in [0.1, 0.15) is 31.4 Å². The molecule has 140 valence electrons. The van der Waals surface area contributed by atoms with Crippen molar-refractivity contribution < 1.29 is 18.7 Å². The van der Waals surface area contributed by atoms with Gasteiger partial charge in [0.1, 0.15) is 11.6 Å². The fourth-order valence-electron chi connectivity index (χ4n) is 2.54. The third kappa shape index (κ3) is 4.57. The molecule has 0 spiro atoms. The third-order valence-corrected chi connectivity index (χ3v) is 5.16. The second-order valence-electron chi connectivity index (χ2n) is 6.27. The van der Waals surface area contributed by atoms with Crippen LogP contribution in [0.5, 0.6) is 5.75 Å². The van der Waals surface area contributed by atoms with Crippen molar-refractivity contribution >= 4 is 29.0 Å². The van der Waals surface area contributed by atoms with Gasteiger partial charge in [0.15, 0.2) is 0 Å². The van der Waals surface area contributed by atoms with E-state index in [9.17, 15) is 14.0 Å². The maximum atomic E-state index is 13.8. The lowest BCUT2D eigenvalue weighted by Crippen LogP contribution is -2.27. The number of amides is 2. The zero-order valence-corrected chi connectivity index (χ0v) is 16.0. The van der Waals surface area contributed by atoms with Crippen molar-refractivity contribution in [1.29, 1.82) is 0 Å². The molecule has 2 aromatic rings. The van der Waals surface area contributed by atoms with Gasteiger partial charge in [0.2, 0.25) is 0 Å². The monoisotopic (exact) mass is 385 g/mol. The van der Waals surface area contributed by atoms with E-state index in [1.165, 1.54) is 6.07 Å². The van der Waals surface area contributed by atoms with E-state index in [0.29, 0.717) is 10.5 Å². The fraction of sp³-hybridized carbons (Fsp3) is 0.238. The number of carbonyl (C=O) groups excluding carboxylic acids is 2. The summed E-state index contributed by atoms with van der Waals surface area (Å²) in [5.74, 6) is -0.0835. The molecule has 2 amide bonds. The van der Waals surface area contributed by atoms with Crippen molar-refractivity contribution in [1.82, 2.24) is 4.90 Å². The summed E-state index contributed by atoms with van der Waals surface area (Å²) in [6.45, 7) is 3.98. The largest absolute Gasteiger partial charge is 0.491 e. The van der Waals surface area contributed by atoms with Gasteiger partial charge in [-0.1, -0.05) is 37.3 Å². The van der Waals surface area contributed by atoms with Crippen LogP contribution < -0.4 is 4.74 Å². The van der Waals surface area contributed by atoms with Crippen LogP contribution in [0.3, 0.4) is 0 Å². The topological polar surface area (TPSA) is 46.6 Å². The normalized spacial score (nSPS) is 16.9. The Balaban J connectivity index is 1.73. The zero-order chi connectivity index (χ0) is 19.4. The highest BCUT2D eigenvalue weighted by molar-refractivity contribution is 8.18. The molecule has 0 aromatic heterocycles. The van der Waals surface area contributed by atoms with Gasteiger partial charge in [0.05, 0.1) is 17.6 Å². The summed E-state index contributed by atoms with van der Waals surface area (Å²) in [6, 6.07) is 13.5. The first-order valence-electron chi connectivity index (χ1n) is 8.73. The van der Waals surface area contributed by atoms with Crippen molar-refractivity contribution in [2.45, 2.75) is 32.9 Å². The van der Waals surface area contributed by atoms with Gasteiger partial charge in [-0.05, 0) is 54.9 Å². The van der Waals surface area contributed by atoms with Crippen molar-refractivity contribution in [2.24, 2.45) is 0 Å². The Labute approximate surface area is 162 Å². The molecule has 1 unspecified atom stereocenters. The van der Waals surface area contributed by atoms with E-state index in [1.54, 1.807) is 24.3 Å². The minimum absolute atomic E-state index is 0.0731. The summed E-state index contributed by atoms with van der Waals surface area (Å²) < 4.78 is 19.5. The van der Waals surface area contributed by atoms with E-state index >= 15 is 0 Å². The number of halogens is 1. The summed E-state index contributed by atoms with van der Waals surface area (Å²) in [5.41, 5.74) is 1.11. The molecule has 1 aliphatic rings. The number of hydrogen-bond acceptors (Lipinski definition) is 4. The number of imide groups is 1. The van der Waals surface area contributed by atoms with Crippen LogP contribution in [0.2, 0.25) is 0 Å². The average molecular weight is 385 g/mol. The van der Waals surface area contributed by atoms with Crippen LogP contribution in [0, 0.1) is 5.82 Å². The molecule has 1 heterocycles. The van der Waals surface area contributed by atoms with Crippen LogP contribution in [-0.4, -0.2) is 22.2 Å². The standard InChI is InChI=1S/C21H20FNO3S/c1-3-14(2)26-17-10-8-15(9-11-17)12-19-20(24)23(21(25)27-19)13-16-6-4-5-7-18(16)22/h4-12,14H,3,13H2,1-2H3/b19-12-. The van der Waals surface area contributed by atoms with Gasteiger partial charge >= 0.3 is 0 Å². The van der Waals surface area contributed by atoms with Crippen molar-refractivity contribution in [3.63, 3.8) is 0 Å². The minimum Gasteiger partial charge on any atom is -0.491 e. The molecule has 1 aliphatic heterocycles. The van der Waals surface area contributed by atoms with Crippen molar-refractivity contribution in [2.75, 3.05) is 0 Å². The molecule has 27 heavy (non-hydrogen) atoms. The smallest absolute Gasteiger partial charge is 0.293 e. The highest BCUT2D eigenvalue weighted by atomic mass is 32.2. The van der Waals surface area contributed by atoms with Gasteiger partial charge in [-0.15, -0.1) is 0 Å². The molecule has 2 aromatic carbocycles. The Bertz CT molecular complexity index is 879. The van der Waals surface area contributed by atoms with E-state index in [4.69, 9.17) is 4.74 Å². The first-order chi connectivity index (χ1) is 13.0. The molecule has 6 heteroatoms. The molecule has 0 bridgehead atoms. The molecular weight excluding hydrogens is 365 g/mol. The van der Waals surface area contributed by atoms with Gasteiger partial charge in [0.25, 0.3) is 11.1 Å². The van der Waals surface area contributed by atoms with E-state index in [1.807, 2.05) is 31.2 Å². The zero-order valence-electron chi connectivity index (χ0n) is 15.1. The van der Waals surface area contributed by atoms with Gasteiger partial charge < -0.3 is 4.74 Å². The summed E-state index contributed by atoms with van der Waals surface area (Å²) in [7, 11) is 0. The lowest BCUT2D eigenvalue weighted by Gasteiger charge is -2.13. The average Bonchev–Trinajstić information content (AvgIpc) is 2.92. The molecule has 1 saturated heterocycles. The Morgan fingerprint density at radius 1 is 1.15 bits per heavy atom. The molecule has 0 N–H and O–H groups in total. The number of hydrogen-bond donors (Lipinski definition) is 0. The van der Waals surface area contributed by atoms with Crippen molar-refractivity contribution in [3.05, 3.63) is 70.4 Å². The molecular formula is C21H20FNO3S. The van der Waals surface area contributed by atoms with Crippen LogP contribution in [-0.2, 0) is 11.3 Å². The van der Waals surface area contributed by atoms with Gasteiger partial charge in [0, 0.05) is 5.56 Å². The highest BCUT2D eigenvalue weighted by Crippen LogP contribution is 2.33. The third-order valence-electron chi connectivity index (χ3n) is 4.25. The highest BCUT2D eigenvalue weighted by Gasteiger charge is 2.35. The predicted octanol–water partition coefficient (Wildman–Crippen LogP) is 5.24. The van der Waals surface area contributed by atoms with Gasteiger partial charge in [-0.25, -0.2) is 4.39 Å². The number of carbonyl (C=O) groups is 2. The minimum atomic E-state index is -0.433. The van der Waals surface area contributed by atoms with E-state index < -0.39 is 17.0 Å². The maximum absolute atomic E-state index is 13.8. The van der Waals surface area contributed by atoms with Crippen LogP contribution in [0.25, 0.3) is 6.08 Å². The number of nitrogens with zero attached hydrogens (tertiary/aromatic N) is 1. The van der Waals surface area contributed by atoms with Crippen molar-refractivity contribution in [3.8, 4) is 5.75 Å². The molecule has 0 saturated carbocycles. The summed E-state index contributed by atoms with van der Waals surface area (Å²) in [6.07, 6.45) is 2.71. The number of rotatable bonds is 6. The summed E-state index contributed by atoms with van der Waals surface area (Å²) in [5, 5.41) is -0.397. The molecule has 0 radical (unpaired) electrons. The Morgan fingerprint density at radius 2 is 1.85 bits per heavy atom. The van der Waals surface area contributed by atoms with Crippen LogP contribution >= 0.6 is 11.8 Å². The lowest BCUT2D eigenvalue weighted by atomic mass is 10.2. The Morgan fingerprint density at radius 3 is 2.52 bits per heavy atom. The molecule has 4 nitrogen and oxygen atoms in total. The van der Waals surface area contributed by atoms with E-state index in [2.05, 4.69) is 6.92 Å². The lowest BCUT2D eigenvalue weighted by molar-refractivity contribution is -0.123.